The van der Waals surface area contributed by atoms with E-state index in [1.54, 1.807) is 0 Å². The van der Waals surface area contributed by atoms with E-state index in [-0.39, 0.29) is 18.3 Å². The maximum Gasteiger partial charge on any atom is 0.254 e. The van der Waals surface area contributed by atoms with Gasteiger partial charge in [0.1, 0.15) is 6.33 Å². The van der Waals surface area contributed by atoms with Crippen LogP contribution in [0, 0.1) is 0 Å². The number of nitrogen functional groups attached to an aromatic ring is 1. The van der Waals surface area contributed by atoms with Crippen LogP contribution in [-0.4, -0.2) is 25.7 Å². The van der Waals surface area contributed by atoms with E-state index in [2.05, 4.69) is 15.1 Å². The Bertz CT molecular complexity index is 749. The van der Waals surface area contributed by atoms with E-state index in [1.807, 2.05) is 36.4 Å². The zero-order chi connectivity index (χ0) is 13.2. The molecule has 94 valence electrons. The molecule has 0 aliphatic heterocycles. The van der Waals surface area contributed by atoms with Gasteiger partial charge in [-0.15, -0.1) is 5.10 Å². The number of carbonyl (C=O) groups is 1. The van der Waals surface area contributed by atoms with Crippen molar-refractivity contribution in [1.29, 1.82) is 0 Å². The Morgan fingerprint density at radius 3 is 2.84 bits per heavy atom. The SMILES string of the molecule is Nc1ncn(C(=O)Cc2ccc3ccccc3n2)n1. The van der Waals surface area contributed by atoms with Crippen LogP contribution < -0.4 is 5.73 Å². The molecule has 0 atom stereocenters. The largest absolute Gasteiger partial charge is 0.366 e. The fraction of sp³-hybridized carbons (Fsp3) is 0.0769. The third kappa shape index (κ3) is 2.28. The molecule has 0 amide bonds. The number of para-hydroxylation sites is 1. The Morgan fingerprint density at radius 1 is 1.21 bits per heavy atom. The molecule has 0 bridgehead atoms. The summed E-state index contributed by atoms with van der Waals surface area (Å²) < 4.78 is 1.13. The molecule has 19 heavy (non-hydrogen) atoms. The molecule has 3 rings (SSSR count). The van der Waals surface area contributed by atoms with Crippen LogP contribution in [-0.2, 0) is 6.42 Å². The molecule has 0 saturated heterocycles. The number of pyridine rings is 1. The summed E-state index contributed by atoms with van der Waals surface area (Å²) in [6.07, 6.45) is 1.46. The maximum absolute atomic E-state index is 11.9. The molecule has 0 fully saturated rings. The molecule has 0 spiro atoms. The quantitative estimate of drug-likeness (QED) is 0.743. The number of benzene rings is 1. The van der Waals surface area contributed by atoms with Crippen molar-refractivity contribution >= 4 is 22.8 Å². The van der Waals surface area contributed by atoms with Crippen molar-refractivity contribution < 1.29 is 4.79 Å². The minimum Gasteiger partial charge on any atom is -0.366 e. The number of aromatic nitrogens is 4. The lowest BCUT2D eigenvalue weighted by Crippen LogP contribution is -2.15. The summed E-state index contributed by atoms with van der Waals surface area (Å²) >= 11 is 0. The molecule has 3 aromatic rings. The van der Waals surface area contributed by atoms with Crippen LogP contribution in [0.1, 0.15) is 10.5 Å². The van der Waals surface area contributed by atoms with Gasteiger partial charge in [-0.25, -0.2) is 4.98 Å². The first-order valence-electron chi connectivity index (χ1n) is 5.77. The molecular weight excluding hydrogens is 242 g/mol. The second-order valence-corrected chi connectivity index (χ2v) is 4.11. The summed E-state index contributed by atoms with van der Waals surface area (Å²) in [4.78, 5) is 20.1. The lowest BCUT2D eigenvalue weighted by molar-refractivity contribution is 0.0897. The van der Waals surface area contributed by atoms with Crippen LogP contribution >= 0.6 is 0 Å². The van der Waals surface area contributed by atoms with Crippen LogP contribution in [0.15, 0.2) is 42.7 Å². The van der Waals surface area contributed by atoms with Gasteiger partial charge < -0.3 is 5.73 Å². The molecule has 0 unspecified atom stereocenters. The van der Waals surface area contributed by atoms with Crippen molar-refractivity contribution in [2.45, 2.75) is 6.42 Å². The number of anilines is 1. The monoisotopic (exact) mass is 253 g/mol. The molecule has 2 heterocycles. The van der Waals surface area contributed by atoms with Gasteiger partial charge in [0.05, 0.1) is 17.6 Å². The van der Waals surface area contributed by atoms with E-state index in [0.29, 0.717) is 5.69 Å². The summed E-state index contributed by atoms with van der Waals surface area (Å²) in [6.45, 7) is 0. The van der Waals surface area contributed by atoms with E-state index in [1.165, 1.54) is 6.33 Å². The van der Waals surface area contributed by atoms with Gasteiger partial charge in [-0.05, 0) is 12.1 Å². The number of fused-ring (bicyclic) bond motifs is 1. The van der Waals surface area contributed by atoms with Gasteiger partial charge in [-0.3, -0.25) is 9.78 Å². The van der Waals surface area contributed by atoms with Crippen LogP contribution in [0.25, 0.3) is 10.9 Å². The zero-order valence-corrected chi connectivity index (χ0v) is 10.0. The average molecular weight is 253 g/mol. The number of hydrogen-bond donors (Lipinski definition) is 1. The highest BCUT2D eigenvalue weighted by Gasteiger charge is 2.09. The number of nitrogens with zero attached hydrogens (tertiary/aromatic N) is 4. The van der Waals surface area contributed by atoms with Gasteiger partial charge in [-0.1, -0.05) is 24.3 Å². The second kappa shape index (κ2) is 4.49. The number of hydrogen-bond acceptors (Lipinski definition) is 5. The molecular formula is C13H11N5O. The molecule has 2 N–H and O–H groups in total. The molecule has 0 radical (unpaired) electrons. The zero-order valence-electron chi connectivity index (χ0n) is 10.0. The first kappa shape index (κ1) is 11.3. The molecule has 6 nitrogen and oxygen atoms in total. The Hall–Kier alpha value is -2.76. The van der Waals surface area contributed by atoms with Crippen molar-refractivity contribution in [3.8, 4) is 0 Å². The van der Waals surface area contributed by atoms with Gasteiger partial charge in [0.15, 0.2) is 0 Å². The Balaban J connectivity index is 1.87. The number of carbonyl (C=O) groups excluding carboxylic acids is 1. The minimum atomic E-state index is -0.216. The fourth-order valence-corrected chi connectivity index (χ4v) is 1.84. The molecule has 0 aliphatic rings. The van der Waals surface area contributed by atoms with Crippen LogP contribution in [0.2, 0.25) is 0 Å². The Labute approximate surface area is 108 Å². The van der Waals surface area contributed by atoms with Crippen LogP contribution in [0.3, 0.4) is 0 Å². The molecule has 1 aromatic carbocycles. The van der Waals surface area contributed by atoms with Crippen molar-refractivity contribution in [3.05, 3.63) is 48.4 Å². The predicted octanol–water partition coefficient (Wildman–Crippen LogP) is 1.29. The minimum absolute atomic E-state index is 0.0832. The highest BCUT2D eigenvalue weighted by molar-refractivity contribution is 5.82. The highest BCUT2D eigenvalue weighted by Crippen LogP contribution is 2.12. The smallest absolute Gasteiger partial charge is 0.254 e. The lowest BCUT2D eigenvalue weighted by Gasteiger charge is -2.02. The molecule has 6 heteroatoms. The van der Waals surface area contributed by atoms with E-state index < -0.39 is 0 Å². The van der Waals surface area contributed by atoms with E-state index in [9.17, 15) is 4.79 Å². The first-order valence-corrected chi connectivity index (χ1v) is 5.77. The Morgan fingerprint density at radius 2 is 2.05 bits per heavy atom. The summed E-state index contributed by atoms with van der Waals surface area (Å²) in [5.74, 6) is -0.133. The summed E-state index contributed by atoms with van der Waals surface area (Å²) in [5, 5.41) is 4.82. The predicted molar refractivity (Wildman–Crippen MR) is 70.5 cm³/mol. The van der Waals surface area contributed by atoms with Gasteiger partial charge in [-0.2, -0.15) is 4.68 Å². The van der Waals surface area contributed by atoms with Gasteiger partial charge in [0.2, 0.25) is 5.95 Å². The van der Waals surface area contributed by atoms with Crippen molar-refractivity contribution in [2.75, 3.05) is 5.73 Å². The first-order chi connectivity index (χ1) is 9.22. The summed E-state index contributed by atoms with van der Waals surface area (Å²) in [6, 6.07) is 11.5. The van der Waals surface area contributed by atoms with E-state index >= 15 is 0 Å². The highest BCUT2D eigenvalue weighted by atomic mass is 16.2. The van der Waals surface area contributed by atoms with Gasteiger partial charge >= 0.3 is 0 Å². The van der Waals surface area contributed by atoms with Crippen molar-refractivity contribution in [2.24, 2.45) is 0 Å². The van der Waals surface area contributed by atoms with Crippen LogP contribution in [0.4, 0.5) is 5.95 Å². The topological polar surface area (TPSA) is 86.7 Å². The maximum atomic E-state index is 11.9. The van der Waals surface area contributed by atoms with Crippen molar-refractivity contribution in [1.82, 2.24) is 19.7 Å². The van der Waals surface area contributed by atoms with Crippen LogP contribution in [0.5, 0.6) is 0 Å². The summed E-state index contributed by atoms with van der Waals surface area (Å²) in [5.41, 5.74) is 6.93. The number of rotatable bonds is 2. The average Bonchev–Trinajstić information content (AvgIpc) is 2.85. The van der Waals surface area contributed by atoms with Gasteiger partial charge in [0, 0.05) is 5.39 Å². The second-order valence-electron chi connectivity index (χ2n) is 4.11. The van der Waals surface area contributed by atoms with E-state index in [4.69, 9.17) is 5.73 Å². The van der Waals surface area contributed by atoms with Crippen molar-refractivity contribution in [3.63, 3.8) is 0 Å². The Kier molecular flexibility index (Phi) is 2.68. The normalized spacial score (nSPS) is 10.7. The van der Waals surface area contributed by atoms with Gasteiger partial charge in [0.25, 0.3) is 5.91 Å². The van der Waals surface area contributed by atoms with E-state index in [0.717, 1.165) is 15.6 Å². The lowest BCUT2D eigenvalue weighted by atomic mass is 10.2. The third-order valence-corrected chi connectivity index (χ3v) is 2.75. The summed E-state index contributed by atoms with van der Waals surface area (Å²) in [7, 11) is 0. The third-order valence-electron chi connectivity index (χ3n) is 2.75. The fourth-order valence-electron chi connectivity index (χ4n) is 1.84. The number of nitrogens with two attached hydrogens (primary N) is 1. The standard InChI is InChI=1S/C13H11N5O/c14-13-15-8-18(17-13)12(19)7-10-6-5-9-3-1-2-4-11(9)16-10/h1-6,8H,7H2,(H2,14,17). The molecule has 0 aliphatic carbocycles. The molecule has 0 saturated carbocycles. The molecule has 2 aromatic heterocycles.